The summed E-state index contributed by atoms with van der Waals surface area (Å²) in [5.74, 6) is -0.484. The van der Waals surface area contributed by atoms with Gasteiger partial charge in [0.05, 0.1) is 0 Å². The highest BCUT2D eigenvalue weighted by molar-refractivity contribution is 5.96. The summed E-state index contributed by atoms with van der Waals surface area (Å²) in [6.45, 7) is 2.26. The summed E-state index contributed by atoms with van der Waals surface area (Å²) in [6.07, 6.45) is 17.4. The Morgan fingerprint density at radius 3 is 1.85 bits per heavy atom. The first kappa shape index (κ1) is 23.2. The van der Waals surface area contributed by atoms with Gasteiger partial charge in [-0.05, 0) is 24.6 Å². The number of unbranched alkanes of at least 4 members (excludes halogenated alkanes) is 12. The van der Waals surface area contributed by atoms with Crippen LogP contribution in [0.15, 0.2) is 24.3 Å². The van der Waals surface area contributed by atoms with Gasteiger partial charge in [-0.1, -0.05) is 90.0 Å². The Hall–Kier alpha value is -1.84. The second-order valence-electron chi connectivity index (χ2n) is 7.49. The molecule has 4 heteroatoms. The van der Waals surface area contributed by atoms with Gasteiger partial charge in [-0.25, -0.2) is 0 Å². The molecule has 0 unspecified atom stereocenters. The quantitative estimate of drug-likeness (QED) is 0.338. The minimum atomic E-state index is -0.484. The van der Waals surface area contributed by atoms with Gasteiger partial charge in [0, 0.05) is 17.7 Å². The predicted octanol–water partition coefficient (Wildman–Crippen LogP) is 6.21. The number of primary amides is 1. The van der Waals surface area contributed by atoms with Gasteiger partial charge in [0.1, 0.15) is 0 Å². The van der Waals surface area contributed by atoms with Crippen molar-refractivity contribution in [1.82, 2.24) is 0 Å². The van der Waals surface area contributed by atoms with Gasteiger partial charge in [0.2, 0.25) is 11.8 Å². The van der Waals surface area contributed by atoms with Crippen molar-refractivity contribution >= 4 is 17.5 Å². The number of hydrogen-bond donors (Lipinski definition) is 2. The van der Waals surface area contributed by atoms with Gasteiger partial charge < -0.3 is 11.1 Å². The summed E-state index contributed by atoms with van der Waals surface area (Å²) in [5.41, 5.74) is 6.29. The lowest BCUT2D eigenvalue weighted by molar-refractivity contribution is -0.116. The monoisotopic (exact) mass is 374 g/mol. The van der Waals surface area contributed by atoms with Crippen LogP contribution >= 0.6 is 0 Å². The third-order valence-electron chi connectivity index (χ3n) is 4.94. The third kappa shape index (κ3) is 12.2. The van der Waals surface area contributed by atoms with Gasteiger partial charge in [0.15, 0.2) is 0 Å². The van der Waals surface area contributed by atoms with E-state index in [2.05, 4.69) is 12.2 Å². The Morgan fingerprint density at radius 2 is 1.33 bits per heavy atom. The second-order valence-corrected chi connectivity index (χ2v) is 7.49. The highest BCUT2D eigenvalue weighted by atomic mass is 16.2. The molecule has 0 aliphatic carbocycles. The zero-order chi connectivity index (χ0) is 19.7. The first-order valence-electron chi connectivity index (χ1n) is 10.8. The molecule has 0 radical (unpaired) electrons. The van der Waals surface area contributed by atoms with E-state index in [0.29, 0.717) is 17.7 Å². The molecular weight excluding hydrogens is 336 g/mol. The van der Waals surface area contributed by atoms with E-state index in [9.17, 15) is 9.59 Å². The van der Waals surface area contributed by atoms with Crippen molar-refractivity contribution in [3.63, 3.8) is 0 Å². The predicted molar refractivity (Wildman–Crippen MR) is 114 cm³/mol. The number of amides is 2. The van der Waals surface area contributed by atoms with Crippen molar-refractivity contribution in [2.45, 2.75) is 96.8 Å². The molecule has 0 atom stereocenters. The van der Waals surface area contributed by atoms with Gasteiger partial charge in [-0.15, -0.1) is 0 Å². The van der Waals surface area contributed by atoms with E-state index in [0.717, 1.165) is 12.8 Å². The van der Waals surface area contributed by atoms with Gasteiger partial charge in [0.25, 0.3) is 0 Å². The molecule has 0 aliphatic rings. The fourth-order valence-corrected chi connectivity index (χ4v) is 3.28. The molecule has 152 valence electrons. The fraction of sp³-hybridized carbons (Fsp3) is 0.652. The zero-order valence-electron chi connectivity index (χ0n) is 17.1. The molecule has 0 heterocycles. The van der Waals surface area contributed by atoms with Crippen molar-refractivity contribution < 1.29 is 9.59 Å². The Balaban J connectivity index is 1.95. The summed E-state index contributed by atoms with van der Waals surface area (Å²) < 4.78 is 0. The van der Waals surface area contributed by atoms with E-state index in [-0.39, 0.29) is 5.91 Å². The average Bonchev–Trinajstić information content (AvgIpc) is 2.65. The number of carbonyl (C=O) groups is 2. The molecule has 0 bridgehead atoms. The van der Waals surface area contributed by atoms with Crippen LogP contribution in [0.4, 0.5) is 5.69 Å². The summed E-state index contributed by atoms with van der Waals surface area (Å²) in [4.78, 5) is 23.1. The van der Waals surface area contributed by atoms with Crippen LogP contribution in [0, 0.1) is 0 Å². The average molecular weight is 375 g/mol. The van der Waals surface area contributed by atoms with Crippen LogP contribution in [0.1, 0.15) is 107 Å². The Bertz CT molecular complexity index is 543. The molecule has 1 rings (SSSR count). The molecule has 1 aromatic carbocycles. The lowest BCUT2D eigenvalue weighted by Crippen LogP contribution is -2.14. The first-order chi connectivity index (χ1) is 13.1. The maximum absolute atomic E-state index is 12.0. The van der Waals surface area contributed by atoms with Crippen LogP contribution in [0.2, 0.25) is 0 Å². The molecule has 1 aromatic rings. The number of nitrogens with two attached hydrogens (primary N) is 1. The topological polar surface area (TPSA) is 72.2 Å². The highest BCUT2D eigenvalue weighted by Crippen LogP contribution is 2.14. The smallest absolute Gasteiger partial charge is 0.248 e. The summed E-state index contributed by atoms with van der Waals surface area (Å²) in [7, 11) is 0. The summed E-state index contributed by atoms with van der Waals surface area (Å²) in [6, 6.07) is 6.75. The Kier molecular flexibility index (Phi) is 13.1. The fourth-order valence-electron chi connectivity index (χ4n) is 3.28. The van der Waals surface area contributed by atoms with E-state index in [1.165, 1.54) is 70.6 Å². The lowest BCUT2D eigenvalue weighted by Gasteiger charge is -2.06. The largest absolute Gasteiger partial charge is 0.366 e. The minimum Gasteiger partial charge on any atom is -0.366 e. The molecule has 0 saturated carbocycles. The molecule has 2 amide bonds. The van der Waals surface area contributed by atoms with E-state index in [1.807, 2.05) is 0 Å². The van der Waals surface area contributed by atoms with E-state index in [1.54, 1.807) is 24.3 Å². The molecule has 3 N–H and O–H groups in total. The number of nitrogens with one attached hydrogen (secondary N) is 1. The standard InChI is InChI=1S/C23H38N2O2/c1-2-3-4-5-6-7-8-9-10-11-12-13-14-18-22(26)25-21-17-15-16-20(19-21)23(24)27/h15-17,19H,2-14,18H2,1H3,(H2,24,27)(H,25,26). The second kappa shape index (κ2) is 15.2. The van der Waals surface area contributed by atoms with Crippen LogP contribution in [0.25, 0.3) is 0 Å². The van der Waals surface area contributed by atoms with Gasteiger partial charge in [-0.3, -0.25) is 9.59 Å². The van der Waals surface area contributed by atoms with Crippen LogP contribution in [-0.4, -0.2) is 11.8 Å². The SMILES string of the molecule is CCCCCCCCCCCCCCCC(=O)Nc1cccc(C(N)=O)c1. The van der Waals surface area contributed by atoms with Crippen molar-refractivity contribution in [3.05, 3.63) is 29.8 Å². The molecule has 4 nitrogen and oxygen atoms in total. The van der Waals surface area contributed by atoms with Crippen molar-refractivity contribution in [1.29, 1.82) is 0 Å². The number of hydrogen-bond acceptors (Lipinski definition) is 2. The Labute approximate surface area is 165 Å². The van der Waals surface area contributed by atoms with E-state index >= 15 is 0 Å². The molecular formula is C23H38N2O2. The van der Waals surface area contributed by atoms with Crippen LogP contribution in [-0.2, 0) is 4.79 Å². The maximum Gasteiger partial charge on any atom is 0.248 e. The van der Waals surface area contributed by atoms with Crippen molar-refractivity contribution in [2.75, 3.05) is 5.32 Å². The highest BCUT2D eigenvalue weighted by Gasteiger charge is 2.05. The molecule has 27 heavy (non-hydrogen) atoms. The number of carbonyl (C=O) groups excluding carboxylic acids is 2. The third-order valence-corrected chi connectivity index (χ3v) is 4.94. The summed E-state index contributed by atoms with van der Waals surface area (Å²) >= 11 is 0. The van der Waals surface area contributed by atoms with Crippen molar-refractivity contribution in [3.8, 4) is 0 Å². The lowest BCUT2D eigenvalue weighted by atomic mass is 10.0. The minimum absolute atomic E-state index is 0.000284. The normalized spacial score (nSPS) is 10.7. The molecule has 0 aliphatic heterocycles. The number of rotatable bonds is 16. The molecule has 0 aromatic heterocycles. The van der Waals surface area contributed by atoms with Crippen LogP contribution < -0.4 is 11.1 Å². The number of anilines is 1. The first-order valence-corrected chi connectivity index (χ1v) is 10.8. The number of benzene rings is 1. The molecule has 0 fully saturated rings. The Morgan fingerprint density at radius 1 is 0.815 bits per heavy atom. The zero-order valence-corrected chi connectivity index (χ0v) is 17.1. The molecule has 0 spiro atoms. The van der Waals surface area contributed by atoms with E-state index < -0.39 is 5.91 Å². The summed E-state index contributed by atoms with van der Waals surface area (Å²) in [5, 5.41) is 2.83. The molecule has 0 saturated heterocycles. The maximum atomic E-state index is 12.0. The van der Waals surface area contributed by atoms with Crippen molar-refractivity contribution in [2.24, 2.45) is 5.73 Å². The van der Waals surface area contributed by atoms with Gasteiger partial charge in [-0.2, -0.15) is 0 Å². The van der Waals surface area contributed by atoms with E-state index in [4.69, 9.17) is 5.73 Å². The van der Waals surface area contributed by atoms with Crippen LogP contribution in [0.5, 0.6) is 0 Å². The van der Waals surface area contributed by atoms with Gasteiger partial charge >= 0.3 is 0 Å². The van der Waals surface area contributed by atoms with Crippen LogP contribution in [0.3, 0.4) is 0 Å².